The van der Waals surface area contributed by atoms with Crippen LogP contribution >= 0.6 is 0 Å². The fraction of sp³-hybridized carbons (Fsp3) is 0.370. The van der Waals surface area contributed by atoms with Gasteiger partial charge in [0.15, 0.2) is 0 Å². The van der Waals surface area contributed by atoms with Crippen molar-refractivity contribution < 1.29 is 14.2 Å². The summed E-state index contributed by atoms with van der Waals surface area (Å²) in [5, 5.41) is 16.5. The van der Waals surface area contributed by atoms with Gasteiger partial charge in [0.05, 0.1) is 30.3 Å². The second-order valence-electron chi connectivity index (χ2n) is 9.35. The number of nitrogens with zero attached hydrogens (tertiary/aromatic N) is 2. The second kappa shape index (κ2) is 7.89. The topological polar surface area (TPSA) is 47.3 Å². The minimum atomic E-state index is -0.771. The molecule has 32 heavy (non-hydrogen) atoms. The molecule has 0 amide bonds. The third kappa shape index (κ3) is 3.45. The zero-order chi connectivity index (χ0) is 22.3. The Labute approximate surface area is 188 Å². The molecule has 1 aromatic heterocycles. The molecular weight excluding hydrogens is 403 g/mol. The molecule has 1 fully saturated rings. The highest BCUT2D eigenvalue weighted by molar-refractivity contribution is 5.62. The number of aromatic nitrogens is 2. The molecule has 0 saturated heterocycles. The maximum Gasteiger partial charge on any atom is 0.123 e. The summed E-state index contributed by atoms with van der Waals surface area (Å²) in [4.78, 5) is 0. The number of halogens is 1. The van der Waals surface area contributed by atoms with Gasteiger partial charge in [0.25, 0.3) is 0 Å². The summed E-state index contributed by atoms with van der Waals surface area (Å²) in [6.45, 7) is 2.21. The average molecular weight is 433 g/mol. The third-order valence-electron chi connectivity index (χ3n) is 7.57. The number of rotatable bonds is 5. The summed E-state index contributed by atoms with van der Waals surface area (Å²) in [6, 6.07) is 14.5. The molecule has 2 atom stereocenters. The van der Waals surface area contributed by atoms with E-state index in [1.165, 1.54) is 23.3 Å². The van der Waals surface area contributed by atoms with Crippen molar-refractivity contribution in [1.82, 2.24) is 9.78 Å². The van der Waals surface area contributed by atoms with E-state index in [2.05, 4.69) is 30.2 Å². The maximum atomic E-state index is 13.4. The fourth-order valence-corrected chi connectivity index (χ4v) is 5.49. The van der Waals surface area contributed by atoms with Crippen molar-refractivity contribution in [2.45, 2.75) is 51.0 Å². The lowest BCUT2D eigenvalue weighted by atomic mass is 9.56. The van der Waals surface area contributed by atoms with Gasteiger partial charge in [-0.15, -0.1) is 0 Å². The number of benzene rings is 2. The van der Waals surface area contributed by atoms with Crippen molar-refractivity contribution in [3.8, 4) is 11.4 Å². The fourth-order valence-electron chi connectivity index (χ4n) is 5.49. The number of fused-ring (bicyclic) bond motifs is 2. The predicted molar refractivity (Wildman–Crippen MR) is 123 cm³/mol. The monoisotopic (exact) mass is 432 g/mol. The highest BCUT2D eigenvalue weighted by atomic mass is 19.1. The predicted octanol–water partition coefficient (Wildman–Crippen LogP) is 5.51. The Morgan fingerprint density at radius 2 is 1.88 bits per heavy atom. The van der Waals surface area contributed by atoms with E-state index in [0.717, 1.165) is 54.8 Å². The highest BCUT2D eigenvalue weighted by Crippen LogP contribution is 2.54. The summed E-state index contributed by atoms with van der Waals surface area (Å²) < 4.78 is 20.5. The van der Waals surface area contributed by atoms with Gasteiger partial charge >= 0.3 is 0 Å². The lowest BCUT2D eigenvalue weighted by Crippen LogP contribution is -2.52. The molecule has 0 spiro atoms. The minimum absolute atomic E-state index is 0.255. The van der Waals surface area contributed by atoms with E-state index < -0.39 is 5.60 Å². The molecule has 1 saturated carbocycles. The van der Waals surface area contributed by atoms with Crippen LogP contribution in [0.2, 0.25) is 0 Å². The van der Waals surface area contributed by atoms with Gasteiger partial charge in [0.2, 0.25) is 0 Å². The molecule has 166 valence electrons. The van der Waals surface area contributed by atoms with Crippen LogP contribution in [-0.4, -0.2) is 27.6 Å². The van der Waals surface area contributed by atoms with Crippen molar-refractivity contribution in [2.75, 3.05) is 7.11 Å². The average Bonchev–Trinajstić information content (AvgIpc) is 3.20. The van der Waals surface area contributed by atoms with Crippen LogP contribution in [-0.2, 0) is 12.8 Å². The smallest absolute Gasteiger partial charge is 0.123 e. The summed E-state index contributed by atoms with van der Waals surface area (Å²) in [6.07, 6.45) is 9.17. The van der Waals surface area contributed by atoms with Gasteiger partial charge in [-0.1, -0.05) is 24.6 Å². The van der Waals surface area contributed by atoms with E-state index in [4.69, 9.17) is 4.74 Å². The van der Waals surface area contributed by atoms with Crippen LogP contribution in [0.3, 0.4) is 0 Å². The van der Waals surface area contributed by atoms with Gasteiger partial charge in [-0.25, -0.2) is 9.07 Å². The normalized spacial score (nSPS) is 24.4. The Hall–Kier alpha value is -2.92. The Morgan fingerprint density at radius 3 is 2.59 bits per heavy atom. The number of hydrogen-bond donors (Lipinski definition) is 1. The molecule has 2 aliphatic carbocycles. The van der Waals surface area contributed by atoms with Crippen LogP contribution in [0.25, 0.3) is 11.8 Å². The Balaban J connectivity index is 1.43. The van der Waals surface area contributed by atoms with Crippen LogP contribution in [0.1, 0.15) is 49.4 Å². The molecule has 0 aliphatic heterocycles. The van der Waals surface area contributed by atoms with Crippen LogP contribution in [0, 0.1) is 11.2 Å². The van der Waals surface area contributed by atoms with E-state index in [1.807, 2.05) is 23.0 Å². The molecule has 1 N–H and O–H groups in total. The summed E-state index contributed by atoms with van der Waals surface area (Å²) in [5.41, 5.74) is 4.43. The van der Waals surface area contributed by atoms with E-state index >= 15 is 0 Å². The number of aryl methyl sites for hydroxylation is 1. The SMILES string of the molecule is COc1ccc(CC[C@]2(O)CCCC3=Cc4c(cnn4-c4ccc(F)cc4)C[C@@]32C)cc1. The van der Waals surface area contributed by atoms with Gasteiger partial charge < -0.3 is 9.84 Å². The van der Waals surface area contributed by atoms with Gasteiger partial charge in [0, 0.05) is 5.41 Å². The van der Waals surface area contributed by atoms with Crippen molar-refractivity contribution in [1.29, 1.82) is 0 Å². The molecule has 5 heteroatoms. The van der Waals surface area contributed by atoms with Crippen molar-refractivity contribution in [3.63, 3.8) is 0 Å². The minimum Gasteiger partial charge on any atom is -0.497 e. The van der Waals surface area contributed by atoms with E-state index in [-0.39, 0.29) is 11.2 Å². The zero-order valence-electron chi connectivity index (χ0n) is 18.6. The standard InChI is InChI=1S/C27H29FN2O2/c1-26-17-20-18-29-30(23-9-7-22(28)8-10-23)25(20)16-21(26)4-3-14-27(26,31)15-13-19-5-11-24(32-2)12-6-19/h5-12,16,18,31H,3-4,13-15,17H2,1-2H3/t26-,27+/m0/s1. The maximum absolute atomic E-state index is 13.4. The van der Waals surface area contributed by atoms with E-state index in [1.54, 1.807) is 19.2 Å². The van der Waals surface area contributed by atoms with Crippen molar-refractivity contribution in [2.24, 2.45) is 5.41 Å². The summed E-state index contributed by atoms with van der Waals surface area (Å²) in [7, 11) is 1.67. The summed E-state index contributed by atoms with van der Waals surface area (Å²) in [5.74, 6) is 0.593. The first-order valence-electron chi connectivity index (χ1n) is 11.3. The van der Waals surface area contributed by atoms with E-state index in [9.17, 15) is 9.50 Å². The molecule has 2 aromatic carbocycles. The lowest BCUT2D eigenvalue weighted by Gasteiger charge is -2.52. The lowest BCUT2D eigenvalue weighted by molar-refractivity contribution is -0.0843. The number of ether oxygens (including phenoxy) is 1. The van der Waals surface area contributed by atoms with Gasteiger partial charge in [-0.2, -0.15) is 5.10 Å². The third-order valence-corrected chi connectivity index (χ3v) is 7.57. The van der Waals surface area contributed by atoms with Crippen LogP contribution in [0.15, 0.2) is 60.3 Å². The van der Waals surface area contributed by atoms with Gasteiger partial charge in [-0.3, -0.25) is 0 Å². The van der Waals surface area contributed by atoms with Gasteiger partial charge in [0.1, 0.15) is 11.6 Å². The first kappa shape index (κ1) is 21.0. The van der Waals surface area contributed by atoms with E-state index in [0.29, 0.717) is 6.42 Å². The van der Waals surface area contributed by atoms with Crippen molar-refractivity contribution in [3.05, 3.63) is 82.9 Å². The Morgan fingerprint density at radius 1 is 1.12 bits per heavy atom. The molecular formula is C27H29FN2O2. The molecule has 1 heterocycles. The molecule has 0 unspecified atom stereocenters. The number of hydrogen-bond acceptors (Lipinski definition) is 3. The number of aliphatic hydroxyl groups is 1. The van der Waals surface area contributed by atoms with Crippen LogP contribution in [0.4, 0.5) is 4.39 Å². The molecule has 4 nitrogen and oxygen atoms in total. The summed E-state index contributed by atoms with van der Waals surface area (Å²) >= 11 is 0. The first-order valence-corrected chi connectivity index (χ1v) is 11.3. The molecule has 0 bridgehead atoms. The molecule has 3 aromatic rings. The Bertz CT molecular complexity index is 1150. The molecule has 0 radical (unpaired) electrons. The number of methoxy groups -OCH3 is 1. The van der Waals surface area contributed by atoms with Crippen LogP contribution < -0.4 is 4.74 Å². The van der Waals surface area contributed by atoms with Crippen LogP contribution in [0.5, 0.6) is 5.75 Å². The zero-order valence-corrected chi connectivity index (χ0v) is 18.6. The Kier molecular flexibility index (Phi) is 5.17. The molecule has 5 rings (SSSR count). The molecule has 2 aliphatic rings. The van der Waals surface area contributed by atoms with Gasteiger partial charge in [-0.05, 0) is 92.1 Å². The first-order chi connectivity index (χ1) is 15.4. The second-order valence-corrected chi connectivity index (χ2v) is 9.35. The largest absolute Gasteiger partial charge is 0.497 e. The quantitative estimate of drug-likeness (QED) is 0.578. The van der Waals surface area contributed by atoms with Crippen molar-refractivity contribution >= 4 is 6.08 Å². The highest BCUT2D eigenvalue weighted by Gasteiger charge is 2.52.